The summed E-state index contributed by atoms with van der Waals surface area (Å²) in [6, 6.07) is 19.7. The maximum absolute atomic E-state index is 10.6. The molecule has 3 aromatic carbocycles. The summed E-state index contributed by atoms with van der Waals surface area (Å²) in [6.45, 7) is 6.65. The Bertz CT molecular complexity index is 1290. The maximum atomic E-state index is 10.6. The van der Waals surface area contributed by atoms with Crippen molar-refractivity contribution >= 4 is 22.7 Å². The van der Waals surface area contributed by atoms with Crippen LogP contribution in [0.25, 0.3) is 16.5 Å². The smallest absolute Gasteiger partial charge is 0.122 e. The Morgan fingerprint density at radius 3 is 2.55 bits per heavy atom. The molecule has 33 heavy (non-hydrogen) atoms. The van der Waals surface area contributed by atoms with Crippen LogP contribution < -0.4 is 0 Å². The highest BCUT2D eigenvalue weighted by Crippen LogP contribution is 2.36. The van der Waals surface area contributed by atoms with Crippen LogP contribution in [0.15, 0.2) is 76.9 Å². The first-order valence-corrected chi connectivity index (χ1v) is 12.2. The number of nitrogens with zero attached hydrogens (tertiary/aromatic N) is 1. The molecule has 2 aliphatic rings. The van der Waals surface area contributed by atoms with Gasteiger partial charge < -0.3 is 5.11 Å². The Hall–Kier alpha value is -3.13. The fourth-order valence-electron chi connectivity index (χ4n) is 4.99. The molecule has 5 rings (SSSR count). The zero-order valence-corrected chi connectivity index (χ0v) is 19.9. The van der Waals surface area contributed by atoms with Crippen LogP contribution in [-0.4, -0.2) is 11.3 Å². The van der Waals surface area contributed by atoms with E-state index in [-0.39, 0.29) is 5.92 Å². The highest BCUT2D eigenvalue weighted by molar-refractivity contribution is 5.86. The first-order valence-electron chi connectivity index (χ1n) is 12.2. The summed E-state index contributed by atoms with van der Waals surface area (Å²) in [5.41, 5.74) is 8.71. The number of aryl methyl sites for hydroxylation is 1. The molecule has 168 valence electrons. The summed E-state index contributed by atoms with van der Waals surface area (Å²) in [5, 5.41) is 13.0. The van der Waals surface area contributed by atoms with Crippen molar-refractivity contribution in [1.29, 1.82) is 0 Å². The van der Waals surface area contributed by atoms with E-state index >= 15 is 0 Å². The fraction of sp³-hybridized carbons (Fsp3) is 0.323. The van der Waals surface area contributed by atoms with Crippen LogP contribution in [0, 0.1) is 19.8 Å². The lowest BCUT2D eigenvalue weighted by atomic mass is 9.83. The monoisotopic (exact) mass is 435 g/mol. The number of hydrogen-bond donors (Lipinski definition) is 1. The Morgan fingerprint density at radius 1 is 1.03 bits per heavy atom. The summed E-state index contributed by atoms with van der Waals surface area (Å²) < 4.78 is 0. The normalized spacial score (nSPS) is 18.7. The van der Waals surface area contributed by atoms with Crippen molar-refractivity contribution in [2.24, 2.45) is 10.9 Å². The van der Waals surface area contributed by atoms with Gasteiger partial charge in [0, 0.05) is 23.4 Å². The fourth-order valence-corrected chi connectivity index (χ4v) is 4.99. The molecule has 0 saturated heterocycles. The second-order valence-electron chi connectivity index (χ2n) is 9.87. The Morgan fingerprint density at radius 2 is 1.82 bits per heavy atom. The molecule has 0 radical (unpaired) electrons. The third-order valence-corrected chi connectivity index (χ3v) is 7.47. The molecule has 1 saturated carbocycles. The van der Waals surface area contributed by atoms with Crippen molar-refractivity contribution in [2.45, 2.75) is 58.8 Å². The van der Waals surface area contributed by atoms with Crippen molar-refractivity contribution in [3.63, 3.8) is 0 Å². The van der Waals surface area contributed by atoms with Crippen LogP contribution in [0.1, 0.15) is 66.3 Å². The molecule has 1 aliphatic carbocycles. The molecule has 2 nitrogen and oxygen atoms in total. The van der Waals surface area contributed by atoms with Gasteiger partial charge in [-0.3, -0.25) is 4.99 Å². The van der Waals surface area contributed by atoms with Crippen LogP contribution in [0.2, 0.25) is 0 Å². The third-order valence-electron chi connectivity index (χ3n) is 7.47. The first-order chi connectivity index (χ1) is 16.0. The molecular formula is C31H33NO. The van der Waals surface area contributed by atoms with E-state index in [1.807, 2.05) is 0 Å². The van der Waals surface area contributed by atoms with Gasteiger partial charge in [-0.05, 0) is 96.5 Å². The number of aliphatic hydroxyl groups is 1. The molecule has 0 spiro atoms. The number of hydrogen-bond acceptors (Lipinski definition) is 2. The number of benzene rings is 3. The van der Waals surface area contributed by atoms with Gasteiger partial charge in [-0.2, -0.15) is 0 Å². The molecule has 0 amide bonds. The van der Waals surface area contributed by atoms with Crippen LogP contribution >= 0.6 is 0 Å². The highest BCUT2D eigenvalue weighted by Gasteiger charge is 2.22. The summed E-state index contributed by atoms with van der Waals surface area (Å²) in [5.74, 6) is 1.24. The molecule has 1 fully saturated rings. The first kappa shape index (κ1) is 21.7. The number of rotatable bonds is 5. The average molecular weight is 436 g/mol. The highest BCUT2D eigenvalue weighted by atomic mass is 16.3. The minimum atomic E-state index is 0.248. The molecule has 3 aromatic rings. The third kappa shape index (κ3) is 4.39. The van der Waals surface area contributed by atoms with Crippen molar-refractivity contribution in [3.8, 4) is 0 Å². The van der Waals surface area contributed by atoms with Gasteiger partial charge >= 0.3 is 0 Å². The molecule has 0 bridgehead atoms. The van der Waals surface area contributed by atoms with Crippen LogP contribution in [0.3, 0.4) is 0 Å². The van der Waals surface area contributed by atoms with Gasteiger partial charge in [0.25, 0.3) is 0 Å². The minimum absolute atomic E-state index is 0.248. The Kier molecular flexibility index (Phi) is 5.93. The standard InChI is InChI=1S/C31H33NO/c1-20-10-15-30(32-19-20)29(28-9-4-6-21(2)22(28)3)17-23-11-12-26-18-27(14-13-25(26)16-23)31(33)24-7-5-8-24/h4,6,9,11-16,18-20,29,33H,5,7-8,10,17H2,1-3H3. The van der Waals surface area contributed by atoms with E-state index in [2.05, 4.69) is 87.7 Å². The SMILES string of the molecule is Cc1cccc(C(Cc2ccc3cc(C(O)=C4CCC4)ccc3c2)C2=CCC(C)C=N2)c1C. The van der Waals surface area contributed by atoms with Crippen molar-refractivity contribution in [2.75, 3.05) is 0 Å². The zero-order chi connectivity index (χ0) is 22.9. The van der Waals surface area contributed by atoms with Gasteiger partial charge in [-0.25, -0.2) is 0 Å². The number of aliphatic hydroxyl groups excluding tert-OH is 1. The topological polar surface area (TPSA) is 32.6 Å². The Labute approximate surface area is 197 Å². The lowest BCUT2D eigenvalue weighted by Crippen LogP contribution is -2.12. The molecular weight excluding hydrogens is 402 g/mol. The van der Waals surface area contributed by atoms with E-state index in [0.717, 1.165) is 31.2 Å². The lowest BCUT2D eigenvalue weighted by molar-refractivity contribution is 0.486. The van der Waals surface area contributed by atoms with Crippen LogP contribution in [-0.2, 0) is 6.42 Å². The summed E-state index contributed by atoms with van der Waals surface area (Å²) >= 11 is 0. The van der Waals surface area contributed by atoms with Crippen LogP contribution in [0.4, 0.5) is 0 Å². The van der Waals surface area contributed by atoms with E-state index in [4.69, 9.17) is 4.99 Å². The van der Waals surface area contributed by atoms with Crippen molar-refractivity contribution in [1.82, 2.24) is 0 Å². The van der Waals surface area contributed by atoms with Gasteiger partial charge in [-0.1, -0.05) is 61.5 Å². The second-order valence-corrected chi connectivity index (χ2v) is 9.87. The predicted molar refractivity (Wildman–Crippen MR) is 140 cm³/mol. The summed E-state index contributed by atoms with van der Waals surface area (Å²) in [4.78, 5) is 4.88. The van der Waals surface area contributed by atoms with Gasteiger partial charge in [0.2, 0.25) is 0 Å². The number of fused-ring (bicyclic) bond motifs is 1. The summed E-state index contributed by atoms with van der Waals surface area (Å²) in [7, 11) is 0. The minimum Gasteiger partial charge on any atom is -0.507 e. The Balaban J connectivity index is 1.49. The van der Waals surface area contributed by atoms with Gasteiger partial charge in [0.1, 0.15) is 5.76 Å². The zero-order valence-electron chi connectivity index (χ0n) is 19.9. The predicted octanol–water partition coefficient (Wildman–Crippen LogP) is 8.23. The maximum Gasteiger partial charge on any atom is 0.122 e. The van der Waals surface area contributed by atoms with Crippen molar-refractivity contribution < 1.29 is 5.11 Å². The molecule has 2 unspecified atom stereocenters. The average Bonchev–Trinajstić information content (AvgIpc) is 2.78. The molecule has 1 heterocycles. The number of aliphatic imine (C=N–C) groups is 1. The molecule has 2 atom stereocenters. The molecule has 2 heteroatoms. The van der Waals surface area contributed by atoms with E-state index in [0.29, 0.717) is 11.7 Å². The van der Waals surface area contributed by atoms with Crippen LogP contribution in [0.5, 0.6) is 0 Å². The second kappa shape index (κ2) is 9.02. The molecule has 1 N–H and O–H groups in total. The lowest BCUT2D eigenvalue weighted by Gasteiger charge is -2.24. The van der Waals surface area contributed by atoms with Gasteiger partial charge in [0.05, 0.1) is 0 Å². The summed E-state index contributed by atoms with van der Waals surface area (Å²) in [6.07, 6.45) is 9.67. The largest absolute Gasteiger partial charge is 0.507 e. The quantitative estimate of drug-likeness (QED) is 0.402. The van der Waals surface area contributed by atoms with E-state index in [1.54, 1.807) is 0 Å². The van der Waals surface area contributed by atoms with E-state index in [9.17, 15) is 5.11 Å². The van der Waals surface area contributed by atoms with Gasteiger partial charge in [0.15, 0.2) is 0 Å². The molecule has 1 aliphatic heterocycles. The van der Waals surface area contributed by atoms with Gasteiger partial charge in [-0.15, -0.1) is 0 Å². The van der Waals surface area contributed by atoms with E-state index in [1.165, 1.54) is 50.7 Å². The van der Waals surface area contributed by atoms with E-state index < -0.39 is 0 Å². The number of allylic oxidation sites excluding steroid dienone is 3. The molecule has 0 aromatic heterocycles. The van der Waals surface area contributed by atoms with Crippen molar-refractivity contribution in [3.05, 3.63) is 99.8 Å².